The van der Waals surface area contributed by atoms with Crippen molar-refractivity contribution in [3.05, 3.63) is 0 Å². The SMILES string of the molecule is NCC(=O)OCC(O)CO.[Zn]. The summed E-state index contributed by atoms with van der Waals surface area (Å²) in [7, 11) is 0. The minimum absolute atomic E-state index is 0. The van der Waals surface area contributed by atoms with Crippen molar-refractivity contribution in [2.45, 2.75) is 6.10 Å². The first-order chi connectivity index (χ1) is 4.70. The number of ether oxygens (including phenoxy) is 1. The number of nitrogens with two attached hydrogens (primary N) is 1. The smallest absolute Gasteiger partial charge is 0.319 e. The number of carbonyl (C=O) groups excluding carboxylic acids is 1. The van der Waals surface area contributed by atoms with Gasteiger partial charge in [-0.1, -0.05) is 0 Å². The molecule has 6 heteroatoms. The van der Waals surface area contributed by atoms with Crippen LogP contribution in [0, 0.1) is 0 Å². The van der Waals surface area contributed by atoms with E-state index in [1.165, 1.54) is 0 Å². The van der Waals surface area contributed by atoms with Crippen LogP contribution in [0.3, 0.4) is 0 Å². The Bertz CT molecular complexity index is 111. The molecule has 4 N–H and O–H groups in total. The number of carbonyl (C=O) groups is 1. The molecule has 0 aliphatic carbocycles. The molecule has 0 amide bonds. The van der Waals surface area contributed by atoms with Gasteiger partial charge in [-0.05, 0) is 0 Å². The average Bonchev–Trinajstić information content (AvgIpc) is 1.99. The molecular formula is C5H11NO4Zn. The van der Waals surface area contributed by atoms with E-state index in [2.05, 4.69) is 4.74 Å². The van der Waals surface area contributed by atoms with Crippen molar-refractivity contribution in [2.24, 2.45) is 5.73 Å². The van der Waals surface area contributed by atoms with Crippen LogP contribution in [-0.4, -0.2) is 42.0 Å². The first-order valence-corrected chi connectivity index (χ1v) is 2.85. The van der Waals surface area contributed by atoms with E-state index in [1.54, 1.807) is 0 Å². The van der Waals surface area contributed by atoms with E-state index in [-0.39, 0.29) is 32.6 Å². The fraction of sp³-hybridized carbons (Fsp3) is 0.800. The summed E-state index contributed by atoms with van der Waals surface area (Å²) >= 11 is 0. The molecule has 0 aromatic heterocycles. The van der Waals surface area contributed by atoms with E-state index in [9.17, 15) is 4.79 Å². The Kier molecular flexibility index (Phi) is 9.95. The molecule has 5 nitrogen and oxygen atoms in total. The van der Waals surface area contributed by atoms with Crippen molar-refractivity contribution in [3.8, 4) is 0 Å². The van der Waals surface area contributed by atoms with Gasteiger partial charge >= 0.3 is 5.97 Å². The van der Waals surface area contributed by atoms with Gasteiger partial charge < -0.3 is 20.7 Å². The van der Waals surface area contributed by atoms with Crippen LogP contribution in [0.1, 0.15) is 0 Å². The van der Waals surface area contributed by atoms with Gasteiger partial charge in [0.05, 0.1) is 13.2 Å². The molecule has 0 saturated carbocycles. The van der Waals surface area contributed by atoms with Crippen LogP contribution in [0.4, 0.5) is 0 Å². The van der Waals surface area contributed by atoms with E-state index in [4.69, 9.17) is 15.9 Å². The summed E-state index contributed by atoms with van der Waals surface area (Å²) in [4.78, 5) is 10.3. The Labute approximate surface area is 77.3 Å². The Morgan fingerprint density at radius 3 is 2.55 bits per heavy atom. The first-order valence-electron chi connectivity index (χ1n) is 2.85. The molecular weight excluding hydrogens is 203 g/mol. The Balaban J connectivity index is 0. The largest absolute Gasteiger partial charge is 0.462 e. The topological polar surface area (TPSA) is 92.8 Å². The minimum atomic E-state index is -1.00. The Hall–Kier alpha value is -0.0266. The van der Waals surface area contributed by atoms with Crippen LogP contribution in [0.5, 0.6) is 0 Å². The second kappa shape index (κ2) is 8.07. The summed E-state index contributed by atoms with van der Waals surface area (Å²) in [6.07, 6.45) is -1.00. The standard InChI is InChI=1S/C5H11NO4.Zn/c6-1-5(9)10-3-4(8)2-7;/h4,7-8H,1-3,6H2;. The van der Waals surface area contributed by atoms with Crippen LogP contribution in [0.15, 0.2) is 0 Å². The summed E-state index contributed by atoms with van der Waals surface area (Å²) in [5.41, 5.74) is 4.88. The summed E-state index contributed by atoms with van der Waals surface area (Å²) in [6, 6.07) is 0. The molecule has 0 aromatic carbocycles. The summed E-state index contributed by atoms with van der Waals surface area (Å²) in [6.45, 7) is -0.831. The number of aliphatic hydroxyl groups is 2. The monoisotopic (exact) mass is 213 g/mol. The van der Waals surface area contributed by atoms with Crippen molar-refractivity contribution in [1.82, 2.24) is 0 Å². The van der Waals surface area contributed by atoms with Crippen LogP contribution in [-0.2, 0) is 29.0 Å². The van der Waals surface area contributed by atoms with Gasteiger partial charge in [0.1, 0.15) is 12.7 Å². The quantitative estimate of drug-likeness (QED) is 0.366. The zero-order valence-electron chi connectivity index (χ0n) is 6.19. The molecule has 0 heterocycles. The number of aliphatic hydroxyl groups excluding tert-OH is 2. The Morgan fingerprint density at radius 2 is 2.18 bits per heavy atom. The van der Waals surface area contributed by atoms with Crippen molar-refractivity contribution in [3.63, 3.8) is 0 Å². The first kappa shape index (κ1) is 13.6. The van der Waals surface area contributed by atoms with E-state index in [0.29, 0.717) is 0 Å². The summed E-state index contributed by atoms with van der Waals surface area (Å²) < 4.78 is 4.37. The zero-order chi connectivity index (χ0) is 7.98. The van der Waals surface area contributed by atoms with Gasteiger partial charge in [0.25, 0.3) is 0 Å². The fourth-order valence-corrected chi connectivity index (χ4v) is 0.301. The van der Waals surface area contributed by atoms with Gasteiger partial charge in [-0.15, -0.1) is 0 Å². The molecule has 0 spiro atoms. The normalized spacial score (nSPS) is 11.5. The molecule has 0 aliphatic rings. The predicted octanol–water partition coefficient (Wildman–Crippen LogP) is -2.16. The molecule has 0 aromatic rings. The van der Waals surface area contributed by atoms with Crippen molar-refractivity contribution < 1.29 is 39.2 Å². The average molecular weight is 215 g/mol. The third-order valence-electron chi connectivity index (χ3n) is 0.814. The summed E-state index contributed by atoms with van der Waals surface area (Å²) in [5.74, 6) is -0.590. The molecule has 0 bridgehead atoms. The number of hydrogen-bond donors (Lipinski definition) is 3. The molecule has 0 rings (SSSR count). The number of rotatable bonds is 4. The van der Waals surface area contributed by atoms with Crippen LogP contribution >= 0.6 is 0 Å². The van der Waals surface area contributed by atoms with Gasteiger partial charge in [-0.25, -0.2) is 0 Å². The molecule has 1 atom stereocenters. The van der Waals surface area contributed by atoms with Crippen molar-refractivity contribution in [1.29, 1.82) is 0 Å². The van der Waals surface area contributed by atoms with Crippen LogP contribution in [0.2, 0.25) is 0 Å². The van der Waals surface area contributed by atoms with Gasteiger partial charge in [0.2, 0.25) is 0 Å². The van der Waals surface area contributed by atoms with Crippen LogP contribution in [0.25, 0.3) is 0 Å². The third kappa shape index (κ3) is 7.87. The fourth-order valence-electron chi connectivity index (χ4n) is 0.301. The van der Waals surface area contributed by atoms with Gasteiger partial charge in [0, 0.05) is 19.5 Å². The van der Waals surface area contributed by atoms with E-state index in [1.807, 2.05) is 0 Å². The van der Waals surface area contributed by atoms with Gasteiger partial charge in [-0.2, -0.15) is 0 Å². The minimum Gasteiger partial charge on any atom is -0.462 e. The van der Waals surface area contributed by atoms with Crippen molar-refractivity contribution >= 4 is 5.97 Å². The maximum Gasteiger partial charge on any atom is 0.319 e. The molecule has 0 fully saturated rings. The zero-order valence-corrected chi connectivity index (χ0v) is 9.16. The van der Waals surface area contributed by atoms with Crippen molar-refractivity contribution in [2.75, 3.05) is 19.8 Å². The van der Waals surface area contributed by atoms with E-state index >= 15 is 0 Å². The molecule has 0 saturated heterocycles. The third-order valence-corrected chi connectivity index (χ3v) is 0.814. The molecule has 0 aliphatic heterocycles. The number of esters is 1. The predicted molar refractivity (Wildman–Crippen MR) is 33.1 cm³/mol. The maximum atomic E-state index is 10.3. The summed E-state index contributed by atoms with van der Waals surface area (Å²) in [5, 5.41) is 16.9. The molecule has 11 heavy (non-hydrogen) atoms. The molecule has 62 valence electrons. The van der Waals surface area contributed by atoms with Gasteiger partial charge in [-0.3, -0.25) is 4.79 Å². The molecule has 0 radical (unpaired) electrons. The second-order valence-electron chi connectivity index (χ2n) is 1.72. The van der Waals surface area contributed by atoms with Gasteiger partial charge in [0.15, 0.2) is 0 Å². The van der Waals surface area contributed by atoms with E-state index in [0.717, 1.165) is 0 Å². The van der Waals surface area contributed by atoms with E-state index < -0.39 is 18.7 Å². The number of hydrogen-bond acceptors (Lipinski definition) is 5. The second-order valence-corrected chi connectivity index (χ2v) is 1.72. The van der Waals surface area contributed by atoms with Crippen LogP contribution < -0.4 is 5.73 Å². The maximum absolute atomic E-state index is 10.3. The molecule has 1 unspecified atom stereocenters. The Morgan fingerprint density at radius 1 is 1.64 bits per heavy atom.